The fraction of sp³-hybridized carbons (Fsp3) is 0.364. The number of amides is 1. The summed E-state index contributed by atoms with van der Waals surface area (Å²) in [6.45, 7) is 9.04. The third-order valence-corrected chi connectivity index (χ3v) is 7.99. The molecule has 6 rings (SSSR count). The maximum absolute atomic E-state index is 13.3. The first-order valence-corrected chi connectivity index (χ1v) is 14.4. The van der Waals surface area contributed by atoms with Crippen LogP contribution >= 0.6 is 0 Å². The number of nitrogens with one attached hydrogen (secondary N) is 1. The molecule has 0 spiro atoms. The summed E-state index contributed by atoms with van der Waals surface area (Å²) in [5.41, 5.74) is 7.45. The molecule has 1 saturated carbocycles. The number of carbonyl (C=O) groups is 1. The molecule has 1 N–H and O–H groups in total. The van der Waals surface area contributed by atoms with Crippen molar-refractivity contribution in [2.75, 3.05) is 51.8 Å². The van der Waals surface area contributed by atoms with Crippen LogP contribution in [0.3, 0.4) is 0 Å². The maximum Gasteiger partial charge on any atom is 0.255 e. The van der Waals surface area contributed by atoms with Gasteiger partial charge in [0.25, 0.3) is 5.91 Å². The lowest BCUT2D eigenvalue weighted by Crippen LogP contribution is -2.46. The number of fused-ring (bicyclic) bond motifs is 1. The molecule has 1 amide bonds. The molecule has 210 valence electrons. The second kappa shape index (κ2) is 12.2. The average molecular weight is 549 g/mol. The fourth-order valence-corrected chi connectivity index (χ4v) is 5.37. The van der Waals surface area contributed by atoms with E-state index in [-0.39, 0.29) is 5.91 Å². The zero-order valence-corrected chi connectivity index (χ0v) is 23.8. The first kappa shape index (κ1) is 27.2. The Morgan fingerprint density at radius 3 is 2.68 bits per heavy atom. The van der Waals surface area contributed by atoms with Crippen LogP contribution in [0.5, 0.6) is 0 Å². The molecule has 3 heterocycles. The van der Waals surface area contributed by atoms with Crippen molar-refractivity contribution in [3.63, 3.8) is 0 Å². The molecule has 0 bridgehead atoms. The van der Waals surface area contributed by atoms with E-state index >= 15 is 0 Å². The van der Waals surface area contributed by atoms with Gasteiger partial charge >= 0.3 is 0 Å². The molecule has 1 aliphatic carbocycles. The van der Waals surface area contributed by atoms with Crippen LogP contribution in [0.4, 0.5) is 5.69 Å². The van der Waals surface area contributed by atoms with Gasteiger partial charge in [-0.1, -0.05) is 18.1 Å². The topological polar surface area (TPSA) is 75.0 Å². The third kappa shape index (κ3) is 6.49. The summed E-state index contributed by atoms with van der Waals surface area (Å²) in [6.07, 6.45) is 5.86. The van der Waals surface area contributed by atoms with E-state index < -0.39 is 0 Å². The van der Waals surface area contributed by atoms with E-state index in [0.29, 0.717) is 17.2 Å². The van der Waals surface area contributed by atoms with Crippen molar-refractivity contribution in [2.24, 2.45) is 0 Å². The van der Waals surface area contributed by atoms with Crippen LogP contribution in [-0.4, -0.2) is 76.7 Å². The SMILES string of the molecule is COCCN1CCN(Cc2ccc(NC(=O)c3ccc(C)c(C#Cc4cnc5cccnn45)c3)cc2C2CC2)CC1. The predicted molar refractivity (Wildman–Crippen MR) is 160 cm³/mol. The highest BCUT2D eigenvalue weighted by molar-refractivity contribution is 6.04. The lowest BCUT2D eigenvalue weighted by atomic mass is 10.0. The number of methoxy groups -OCH3 is 1. The highest BCUT2D eigenvalue weighted by Gasteiger charge is 2.27. The van der Waals surface area contributed by atoms with Gasteiger partial charge in [0.1, 0.15) is 5.69 Å². The van der Waals surface area contributed by atoms with Crippen molar-refractivity contribution < 1.29 is 9.53 Å². The minimum absolute atomic E-state index is 0.133. The molecule has 8 heteroatoms. The molecule has 2 aliphatic rings. The molecular weight excluding hydrogens is 512 g/mol. The Bertz CT molecular complexity index is 1610. The minimum Gasteiger partial charge on any atom is -0.383 e. The smallest absolute Gasteiger partial charge is 0.255 e. The van der Waals surface area contributed by atoms with E-state index in [4.69, 9.17) is 4.74 Å². The molecule has 1 saturated heterocycles. The van der Waals surface area contributed by atoms with Crippen LogP contribution in [0.1, 0.15) is 57.1 Å². The number of benzene rings is 2. The number of rotatable bonds is 8. The Morgan fingerprint density at radius 2 is 1.88 bits per heavy atom. The lowest BCUT2D eigenvalue weighted by Gasteiger charge is -2.35. The Morgan fingerprint density at radius 1 is 1.05 bits per heavy atom. The summed E-state index contributed by atoms with van der Waals surface area (Å²) in [5, 5.41) is 7.46. The number of carbonyl (C=O) groups excluding carboxylic acids is 1. The van der Waals surface area contributed by atoms with Crippen molar-refractivity contribution in [1.29, 1.82) is 0 Å². The van der Waals surface area contributed by atoms with E-state index in [1.807, 2.05) is 43.3 Å². The number of anilines is 1. The predicted octanol–water partition coefficient (Wildman–Crippen LogP) is 4.33. The van der Waals surface area contributed by atoms with Crippen LogP contribution in [-0.2, 0) is 11.3 Å². The Labute approximate surface area is 241 Å². The summed E-state index contributed by atoms with van der Waals surface area (Å²) in [4.78, 5) is 22.6. The second-order valence-corrected chi connectivity index (χ2v) is 11.0. The van der Waals surface area contributed by atoms with Crippen molar-refractivity contribution >= 4 is 17.2 Å². The van der Waals surface area contributed by atoms with Crippen LogP contribution in [0.25, 0.3) is 5.65 Å². The van der Waals surface area contributed by atoms with E-state index in [1.165, 1.54) is 24.0 Å². The molecule has 2 aromatic carbocycles. The highest BCUT2D eigenvalue weighted by Crippen LogP contribution is 2.43. The zero-order chi connectivity index (χ0) is 28.2. The van der Waals surface area contributed by atoms with Gasteiger partial charge in [0, 0.05) is 69.4 Å². The standard InChI is InChI=1S/C33H36N6O2/c1-24-5-6-27(20-26(24)10-12-30-22-34-32-4-3-13-35-39(30)32)33(40)36-29-11-9-28(31(21-29)25-7-8-25)23-38-16-14-37(15-17-38)18-19-41-2/h3-6,9,11,13,20-22,25H,7-8,14-19,23H2,1-2H3,(H,36,40). The molecule has 0 atom stereocenters. The summed E-state index contributed by atoms with van der Waals surface area (Å²) < 4.78 is 6.95. The molecule has 2 aromatic heterocycles. The molecule has 2 fully saturated rings. The van der Waals surface area contributed by atoms with Gasteiger partial charge in [-0.2, -0.15) is 5.10 Å². The van der Waals surface area contributed by atoms with E-state index in [0.717, 1.165) is 68.3 Å². The summed E-state index contributed by atoms with van der Waals surface area (Å²) >= 11 is 0. The van der Waals surface area contributed by atoms with Crippen molar-refractivity contribution in [3.8, 4) is 11.8 Å². The summed E-state index contributed by atoms with van der Waals surface area (Å²) in [6, 6.07) is 15.8. The number of hydrogen-bond donors (Lipinski definition) is 1. The molecule has 1 aliphatic heterocycles. The fourth-order valence-electron chi connectivity index (χ4n) is 5.37. The quantitative estimate of drug-likeness (QED) is 0.331. The van der Waals surface area contributed by atoms with Crippen molar-refractivity contribution in [3.05, 3.63) is 94.4 Å². The molecule has 0 unspecified atom stereocenters. The van der Waals surface area contributed by atoms with Crippen LogP contribution < -0.4 is 5.32 Å². The van der Waals surface area contributed by atoms with E-state index in [1.54, 1.807) is 24.0 Å². The van der Waals surface area contributed by atoms with Crippen molar-refractivity contribution in [2.45, 2.75) is 32.2 Å². The number of ether oxygens (including phenoxy) is 1. The van der Waals surface area contributed by atoms with Gasteiger partial charge in [0.15, 0.2) is 5.65 Å². The number of hydrogen-bond acceptors (Lipinski definition) is 6. The van der Waals surface area contributed by atoms with Crippen molar-refractivity contribution in [1.82, 2.24) is 24.4 Å². The van der Waals surface area contributed by atoms with Gasteiger partial charge in [0.05, 0.1) is 12.8 Å². The Hall–Kier alpha value is -4.03. The number of aryl methyl sites for hydroxylation is 1. The molecular formula is C33H36N6O2. The molecule has 4 aromatic rings. The average Bonchev–Trinajstić information content (AvgIpc) is 3.76. The van der Waals surface area contributed by atoms with E-state index in [2.05, 4.69) is 49.2 Å². The second-order valence-electron chi connectivity index (χ2n) is 11.0. The van der Waals surface area contributed by atoms with Gasteiger partial charge < -0.3 is 10.1 Å². The summed E-state index contributed by atoms with van der Waals surface area (Å²) in [7, 11) is 1.76. The largest absolute Gasteiger partial charge is 0.383 e. The number of nitrogens with zero attached hydrogens (tertiary/aromatic N) is 5. The van der Waals surface area contributed by atoms with E-state index in [9.17, 15) is 4.79 Å². The van der Waals surface area contributed by atoms with Gasteiger partial charge in [-0.15, -0.1) is 0 Å². The van der Waals surface area contributed by atoms with Crippen LogP contribution in [0.2, 0.25) is 0 Å². The monoisotopic (exact) mass is 548 g/mol. The van der Waals surface area contributed by atoms with Crippen LogP contribution in [0.15, 0.2) is 60.9 Å². The Balaban J connectivity index is 1.14. The number of imidazole rings is 1. The van der Waals surface area contributed by atoms with Gasteiger partial charge in [0.2, 0.25) is 0 Å². The zero-order valence-electron chi connectivity index (χ0n) is 23.8. The lowest BCUT2D eigenvalue weighted by molar-refractivity contribution is 0.0937. The minimum atomic E-state index is -0.133. The number of piperazine rings is 1. The number of aromatic nitrogens is 3. The first-order chi connectivity index (χ1) is 20.1. The highest BCUT2D eigenvalue weighted by atomic mass is 16.5. The third-order valence-electron chi connectivity index (χ3n) is 7.99. The molecule has 41 heavy (non-hydrogen) atoms. The van der Waals surface area contributed by atoms with Gasteiger partial charge in [-0.05, 0) is 84.7 Å². The summed E-state index contributed by atoms with van der Waals surface area (Å²) in [5.74, 6) is 6.84. The normalized spacial score (nSPS) is 16.0. The Kier molecular flexibility index (Phi) is 8.10. The maximum atomic E-state index is 13.3. The van der Waals surface area contributed by atoms with Gasteiger partial charge in [-0.3, -0.25) is 14.6 Å². The first-order valence-electron chi connectivity index (χ1n) is 14.4. The molecule has 8 nitrogen and oxygen atoms in total. The molecule has 0 radical (unpaired) electrons. The van der Waals surface area contributed by atoms with Gasteiger partial charge in [-0.25, -0.2) is 9.50 Å². The van der Waals surface area contributed by atoms with Crippen LogP contribution in [0, 0.1) is 18.8 Å².